The second-order valence-electron chi connectivity index (χ2n) is 10.9. The number of aromatic nitrogens is 1. The summed E-state index contributed by atoms with van der Waals surface area (Å²) in [4.78, 5) is 51.1. The van der Waals surface area contributed by atoms with Crippen LogP contribution in [0.25, 0.3) is 10.9 Å². The average Bonchev–Trinajstić information content (AvgIpc) is 3.01. The highest BCUT2D eigenvalue weighted by molar-refractivity contribution is 5.92. The molecule has 214 valence electrons. The van der Waals surface area contributed by atoms with Gasteiger partial charge < -0.3 is 25.1 Å². The lowest BCUT2D eigenvalue weighted by Crippen LogP contribution is -2.75. The summed E-state index contributed by atoms with van der Waals surface area (Å²) in [5.74, 6) is -0.206. The van der Waals surface area contributed by atoms with Gasteiger partial charge in [-0.05, 0) is 41.8 Å². The Morgan fingerprint density at radius 1 is 0.952 bits per heavy atom. The number of urea groups is 1. The summed E-state index contributed by atoms with van der Waals surface area (Å²) in [7, 11) is 0. The van der Waals surface area contributed by atoms with Crippen LogP contribution in [0.15, 0.2) is 91.1 Å². The number of amides is 4. The number of fused-ring (bicyclic) bond motifs is 2. The predicted molar refractivity (Wildman–Crippen MR) is 158 cm³/mol. The molecule has 2 aliphatic rings. The zero-order chi connectivity index (χ0) is 29.2. The maximum Gasteiger partial charge on any atom is 0.319 e. The highest BCUT2D eigenvalue weighted by Crippen LogP contribution is 2.33. The molecule has 3 unspecified atom stereocenters. The van der Waals surface area contributed by atoms with Crippen molar-refractivity contribution in [2.75, 3.05) is 6.54 Å². The number of phenols is 1. The molecule has 0 bridgehead atoms. The molecule has 2 aliphatic heterocycles. The maximum atomic E-state index is 14.3. The Balaban J connectivity index is 1.35. The fourth-order valence-corrected chi connectivity index (χ4v) is 6.14. The molecule has 2 saturated heterocycles. The third-order valence-electron chi connectivity index (χ3n) is 8.26. The summed E-state index contributed by atoms with van der Waals surface area (Å²) in [6.45, 7) is 2.81. The van der Waals surface area contributed by atoms with Crippen molar-refractivity contribution in [3.8, 4) is 5.75 Å². The summed E-state index contributed by atoms with van der Waals surface area (Å²) in [5, 5.41) is 13.8. The second-order valence-corrected chi connectivity index (χ2v) is 10.9. The Morgan fingerprint density at radius 3 is 2.50 bits per heavy atom. The first-order valence-corrected chi connectivity index (χ1v) is 14.2. The van der Waals surface area contributed by atoms with Crippen LogP contribution in [-0.4, -0.2) is 67.4 Å². The molecular weight excluding hydrogens is 530 g/mol. The number of pyridine rings is 1. The summed E-state index contributed by atoms with van der Waals surface area (Å²) < 4.78 is 0. The van der Waals surface area contributed by atoms with Gasteiger partial charge in [0.2, 0.25) is 11.8 Å². The molecule has 9 nitrogen and oxygen atoms in total. The number of nitrogens with zero attached hydrogens (tertiary/aromatic N) is 4. The molecule has 0 spiro atoms. The Hall–Kier alpha value is -4.92. The van der Waals surface area contributed by atoms with E-state index in [0.717, 1.165) is 27.6 Å². The number of benzene rings is 3. The van der Waals surface area contributed by atoms with E-state index in [-0.39, 0.29) is 43.0 Å². The van der Waals surface area contributed by atoms with E-state index in [1.807, 2.05) is 67.6 Å². The van der Waals surface area contributed by atoms with Gasteiger partial charge in [-0.3, -0.25) is 14.6 Å². The van der Waals surface area contributed by atoms with Crippen LogP contribution in [-0.2, 0) is 29.1 Å². The average molecular weight is 564 g/mol. The second kappa shape index (κ2) is 11.5. The van der Waals surface area contributed by atoms with Crippen LogP contribution >= 0.6 is 0 Å². The number of carbonyl (C=O) groups is 3. The van der Waals surface area contributed by atoms with Crippen molar-refractivity contribution in [2.24, 2.45) is 0 Å². The number of para-hydroxylation sites is 1. The van der Waals surface area contributed by atoms with Gasteiger partial charge in [-0.15, -0.1) is 0 Å². The van der Waals surface area contributed by atoms with Crippen molar-refractivity contribution in [3.05, 3.63) is 108 Å². The van der Waals surface area contributed by atoms with E-state index in [0.29, 0.717) is 13.1 Å². The lowest BCUT2D eigenvalue weighted by atomic mass is 9.93. The Kier molecular flexibility index (Phi) is 7.48. The van der Waals surface area contributed by atoms with E-state index in [2.05, 4.69) is 10.3 Å². The van der Waals surface area contributed by atoms with E-state index in [4.69, 9.17) is 0 Å². The highest BCUT2D eigenvalue weighted by Gasteiger charge is 2.52. The summed E-state index contributed by atoms with van der Waals surface area (Å²) in [5.41, 5.74) is 3.49. The molecule has 4 amide bonds. The number of nitrogens with one attached hydrogen (secondary N) is 1. The molecule has 1 aromatic heterocycles. The van der Waals surface area contributed by atoms with Gasteiger partial charge in [-0.2, -0.15) is 0 Å². The van der Waals surface area contributed by atoms with Crippen LogP contribution < -0.4 is 5.32 Å². The maximum absolute atomic E-state index is 14.3. The number of aromatic hydroxyl groups is 1. The molecule has 2 fully saturated rings. The smallest absolute Gasteiger partial charge is 0.319 e. The monoisotopic (exact) mass is 563 g/mol. The number of rotatable bonds is 6. The van der Waals surface area contributed by atoms with E-state index < -0.39 is 18.2 Å². The third-order valence-corrected chi connectivity index (χ3v) is 8.26. The molecule has 0 saturated carbocycles. The van der Waals surface area contributed by atoms with Crippen molar-refractivity contribution in [2.45, 2.75) is 51.1 Å². The number of piperazine rings is 1. The zero-order valence-corrected chi connectivity index (χ0v) is 23.4. The van der Waals surface area contributed by atoms with Crippen LogP contribution in [0.5, 0.6) is 5.75 Å². The van der Waals surface area contributed by atoms with Crippen LogP contribution in [0.3, 0.4) is 0 Å². The van der Waals surface area contributed by atoms with Gasteiger partial charge in [0.05, 0.1) is 11.6 Å². The highest BCUT2D eigenvalue weighted by atomic mass is 16.3. The minimum Gasteiger partial charge on any atom is -0.508 e. The van der Waals surface area contributed by atoms with Gasteiger partial charge >= 0.3 is 6.03 Å². The van der Waals surface area contributed by atoms with Gasteiger partial charge in [0.25, 0.3) is 0 Å². The lowest BCUT2D eigenvalue weighted by Gasteiger charge is -2.55. The lowest BCUT2D eigenvalue weighted by molar-refractivity contribution is -0.173. The van der Waals surface area contributed by atoms with Crippen LogP contribution in [0.1, 0.15) is 30.0 Å². The molecule has 9 heteroatoms. The Bertz CT molecular complexity index is 1600. The van der Waals surface area contributed by atoms with Crippen LogP contribution in [0.2, 0.25) is 0 Å². The van der Waals surface area contributed by atoms with E-state index in [1.165, 1.54) is 0 Å². The van der Waals surface area contributed by atoms with Gasteiger partial charge in [0.15, 0.2) is 0 Å². The Morgan fingerprint density at radius 2 is 1.71 bits per heavy atom. The van der Waals surface area contributed by atoms with Crippen molar-refractivity contribution < 1.29 is 19.5 Å². The van der Waals surface area contributed by atoms with E-state index in [1.54, 1.807) is 45.2 Å². The molecule has 2 N–H and O–H groups in total. The van der Waals surface area contributed by atoms with E-state index in [9.17, 15) is 19.5 Å². The molecule has 4 aromatic rings. The summed E-state index contributed by atoms with van der Waals surface area (Å²) in [6.07, 6.45) is 1.48. The molecule has 3 heterocycles. The van der Waals surface area contributed by atoms with Crippen molar-refractivity contribution in [1.82, 2.24) is 25.0 Å². The molecule has 6 rings (SSSR count). The molecule has 0 aliphatic carbocycles. The van der Waals surface area contributed by atoms with Gasteiger partial charge in [0.1, 0.15) is 18.0 Å². The van der Waals surface area contributed by atoms with Gasteiger partial charge in [0, 0.05) is 44.1 Å². The first kappa shape index (κ1) is 27.3. The summed E-state index contributed by atoms with van der Waals surface area (Å²) in [6, 6.07) is 24.5. The SMILES string of the molecule is CC1C2N(C(=O)NCc3ccccc3)CCC(=O)N2C(Cc2ccc(O)cc2)C(=O)N1Cc1cccc2cccnc12. The van der Waals surface area contributed by atoms with Crippen molar-refractivity contribution in [1.29, 1.82) is 0 Å². The Labute approximate surface area is 244 Å². The number of hydrogen-bond acceptors (Lipinski definition) is 5. The third kappa shape index (κ3) is 5.25. The van der Waals surface area contributed by atoms with Crippen LogP contribution in [0, 0.1) is 0 Å². The largest absolute Gasteiger partial charge is 0.508 e. The molecule has 0 radical (unpaired) electrons. The normalized spacial score (nSPS) is 20.5. The predicted octanol–water partition coefficient (Wildman–Crippen LogP) is 4.05. The standard InChI is InChI=1S/C33H33N5O4/c1-22-31-36(33(42)35-20-24-7-3-2-4-8-24)18-16-29(40)38(31)28(19-23-12-14-27(39)15-13-23)32(41)37(22)21-26-10-5-9-25-11-6-17-34-30(25)26/h2-15,17,22,28,31,39H,16,18-21H2,1H3,(H,35,42). The van der Waals surface area contributed by atoms with Crippen molar-refractivity contribution in [3.63, 3.8) is 0 Å². The topological polar surface area (TPSA) is 106 Å². The fourth-order valence-electron chi connectivity index (χ4n) is 6.14. The van der Waals surface area contributed by atoms with Crippen molar-refractivity contribution >= 4 is 28.7 Å². The first-order valence-electron chi connectivity index (χ1n) is 14.2. The van der Waals surface area contributed by atoms with Crippen LogP contribution in [0.4, 0.5) is 4.79 Å². The van der Waals surface area contributed by atoms with Gasteiger partial charge in [-0.1, -0.05) is 66.7 Å². The minimum atomic E-state index is -0.809. The molecule has 3 atom stereocenters. The molecular formula is C33H33N5O4. The minimum absolute atomic E-state index is 0.126. The first-order chi connectivity index (χ1) is 20.4. The molecule has 3 aromatic carbocycles. The quantitative estimate of drug-likeness (QED) is 0.368. The zero-order valence-electron chi connectivity index (χ0n) is 23.4. The number of hydrogen-bond donors (Lipinski definition) is 2. The number of phenolic OH excluding ortho intramolecular Hbond substituents is 1. The van der Waals surface area contributed by atoms with E-state index >= 15 is 0 Å². The fraction of sp³-hybridized carbons (Fsp3) is 0.273. The number of carbonyl (C=O) groups excluding carboxylic acids is 3. The molecule has 42 heavy (non-hydrogen) atoms. The summed E-state index contributed by atoms with van der Waals surface area (Å²) >= 11 is 0. The van der Waals surface area contributed by atoms with Gasteiger partial charge in [-0.25, -0.2) is 4.79 Å².